The second-order valence-electron chi connectivity index (χ2n) is 10.9. The van der Waals surface area contributed by atoms with Gasteiger partial charge in [-0.3, -0.25) is 4.79 Å². The Hall–Kier alpha value is -2.52. The second kappa shape index (κ2) is 17.3. The Morgan fingerprint density at radius 1 is 1.00 bits per heavy atom. The number of hydrogen-bond donors (Lipinski definition) is 3. The van der Waals surface area contributed by atoms with Gasteiger partial charge < -0.3 is 35.1 Å². The lowest BCUT2D eigenvalue weighted by molar-refractivity contribution is -0.126. The topological polar surface area (TPSA) is 112 Å². The van der Waals surface area contributed by atoms with E-state index in [-0.39, 0.29) is 30.8 Å². The molecule has 40 heavy (non-hydrogen) atoms. The molecule has 0 unspecified atom stereocenters. The Morgan fingerprint density at radius 2 is 1.68 bits per heavy atom. The van der Waals surface area contributed by atoms with Crippen LogP contribution < -0.4 is 25.3 Å². The number of methoxy groups -OCH3 is 3. The van der Waals surface area contributed by atoms with Crippen molar-refractivity contribution in [3.05, 3.63) is 53.6 Å². The minimum Gasteiger partial charge on any atom is -0.497 e. The monoisotopic (exact) mass is 580 g/mol. The van der Waals surface area contributed by atoms with Crippen LogP contribution in [0.1, 0.15) is 51.7 Å². The molecule has 8 nitrogen and oxygen atoms in total. The van der Waals surface area contributed by atoms with Crippen molar-refractivity contribution in [2.45, 2.75) is 64.5 Å². The van der Waals surface area contributed by atoms with Crippen molar-refractivity contribution in [3.63, 3.8) is 0 Å². The molecule has 9 heteroatoms. The normalized spacial score (nSPS) is 13.7. The lowest BCUT2D eigenvalue weighted by Gasteiger charge is -2.29. The van der Waals surface area contributed by atoms with E-state index in [4.69, 9.17) is 24.7 Å². The molecule has 3 atom stereocenters. The Kier molecular flexibility index (Phi) is 15.4. The highest BCUT2D eigenvalue weighted by atomic mass is 35.5. The molecule has 2 rings (SSSR count). The molecule has 0 aliphatic rings. The number of rotatable bonds is 17. The summed E-state index contributed by atoms with van der Waals surface area (Å²) in [5, 5.41) is 13.7. The maximum absolute atomic E-state index is 13.0. The molecule has 1 amide bonds. The van der Waals surface area contributed by atoms with Gasteiger partial charge in [-0.25, -0.2) is 0 Å². The zero-order valence-electron chi connectivity index (χ0n) is 25.1. The Bertz CT molecular complexity index is 1020. The number of nitrogens with one attached hydrogen (secondary N) is 1. The number of nitrogens with two attached hydrogens (primary N) is 1. The molecule has 4 N–H and O–H groups in total. The Balaban J connectivity index is 0.00000800. The van der Waals surface area contributed by atoms with Crippen molar-refractivity contribution in [2.24, 2.45) is 17.6 Å². The van der Waals surface area contributed by atoms with Crippen LogP contribution in [0.15, 0.2) is 42.5 Å². The minimum atomic E-state index is -0.864. The lowest BCUT2D eigenvalue weighted by Crippen LogP contribution is -2.48. The molecule has 0 aliphatic carbocycles. The average molecular weight is 581 g/mol. The van der Waals surface area contributed by atoms with Gasteiger partial charge in [0, 0.05) is 32.7 Å². The van der Waals surface area contributed by atoms with Crippen molar-refractivity contribution in [1.29, 1.82) is 0 Å². The highest BCUT2D eigenvalue weighted by molar-refractivity contribution is 5.87. The molecule has 0 bridgehead atoms. The number of aliphatic hydroxyl groups is 1. The SMILES string of the molecule is COCCCOc1cc(C[C@@H](C[C@H](N)[C@@H](O)CNC(=O)C(C)(C)c2ccc(OC)cc2)C(C)C)ccc1OC.Cl. The molecule has 2 aromatic rings. The summed E-state index contributed by atoms with van der Waals surface area (Å²) < 4.78 is 21.7. The highest BCUT2D eigenvalue weighted by Crippen LogP contribution is 2.31. The first-order valence-corrected chi connectivity index (χ1v) is 13.7. The summed E-state index contributed by atoms with van der Waals surface area (Å²) in [6.45, 7) is 9.30. The number of hydrogen-bond acceptors (Lipinski definition) is 7. The molecule has 0 spiro atoms. The van der Waals surface area contributed by atoms with Crippen molar-refractivity contribution in [3.8, 4) is 17.2 Å². The molecule has 0 heterocycles. The molecule has 226 valence electrons. The Labute approximate surface area is 246 Å². The van der Waals surface area contributed by atoms with Crippen LogP contribution in [0, 0.1) is 11.8 Å². The van der Waals surface area contributed by atoms with Gasteiger partial charge in [0.15, 0.2) is 11.5 Å². The minimum absolute atomic E-state index is 0. The number of aliphatic hydroxyl groups excluding tert-OH is 1. The first kappa shape index (κ1) is 35.5. The van der Waals surface area contributed by atoms with Gasteiger partial charge in [-0.2, -0.15) is 0 Å². The quantitative estimate of drug-likeness (QED) is 0.236. The fourth-order valence-corrected chi connectivity index (χ4v) is 4.46. The van der Waals surface area contributed by atoms with Gasteiger partial charge in [0.25, 0.3) is 0 Å². The first-order chi connectivity index (χ1) is 18.5. The predicted molar refractivity (Wildman–Crippen MR) is 162 cm³/mol. The summed E-state index contributed by atoms with van der Waals surface area (Å²) in [4.78, 5) is 13.0. The molecular formula is C31H49ClN2O6. The molecule has 0 saturated heterocycles. The third-order valence-electron chi connectivity index (χ3n) is 7.34. The van der Waals surface area contributed by atoms with Crippen molar-refractivity contribution >= 4 is 18.3 Å². The van der Waals surface area contributed by atoms with Gasteiger partial charge in [-0.1, -0.05) is 32.0 Å². The first-order valence-electron chi connectivity index (χ1n) is 13.7. The van der Waals surface area contributed by atoms with E-state index in [0.29, 0.717) is 37.1 Å². The zero-order chi connectivity index (χ0) is 29.0. The predicted octanol–water partition coefficient (Wildman–Crippen LogP) is 4.53. The summed E-state index contributed by atoms with van der Waals surface area (Å²) in [7, 11) is 4.91. The van der Waals surface area contributed by atoms with E-state index in [2.05, 4.69) is 19.2 Å². The van der Waals surface area contributed by atoms with E-state index in [1.165, 1.54) is 0 Å². The van der Waals surface area contributed by atoms with E-state index in [0.717, 1.165) is 29.7 Å². The van der Waals surface area contributed by atoms with E-state index in [1.807, 2.05) is 56.3 Å². The molecule has 2 aromatic carbocycles. The summed E-state index contributed by atoms with van der Waals surface area (Å²) in [5.74, 6) is 2.54. The van der Waals surface area contributed by atoms with Crippen LogP contribution in [-0.4, -0.2) is 64.2 Å². The van der Waals surface area contributed by atoms with E-state index < -0.39 is 17.6 Å². The van der Waals surface area contributed by atoms with Gasteiger partial charge in [-0.15, -0.1) is 12.4 Å². The van der Waals surface area contributed by atoms with Crippen LogP contribution in [0.25, 0.3) is 0 Å². The molecule has 0 aromatic heterocycles. The van der Waals surface area contributed by atoms with Crippen molar-refractivity contribution in [1.82, 2.24) is 5.32 Å². The number of carbonyl (C=O) groups excluding carboxylic acids is 1. The van der Waals surface area contributed by atoms with Gasteiger partial charge in [-0.05, 0) is 73.9 Å². The van der Waals surface area contributed by atoms with Gasteiger partial charge in [0.1, 0.15) is 5.75 Å². The number of halogens is 1. The Morgan fingerprint density at radius 3 is 2.25 bits per heavy atom. The number of carbonyl (C=O) groups is 1. The number of ether oxygens (including phenoxy) is 4. The number of benzene rings is 2. The van der Waals surface area contributed by atoms with Crippen LogP contribution in [0.4, 0.5) is 0 Å². The molecule has 0 aliphatic heterocycles. The fourth-order valence-electron chi connectivity index (χ4n) is 4.46. The maximum atomic E-state index is 13.0. The molecular weight excluding hydrogens is 532 g/mol. The molecule has 0 saturated carbocycles. The third kappa shape index (κ3) is 10.5. The standard InChI is InChI=1S/C31H48N2O6.ClH/c1-21(2)23(17-22-9-14-28(38-7)29(18-22)39-16-8-15-36-5)19-26(32)27(34)20-33-30(35)31(3,4)24-10-12-25(37-6)13-11-24;/h9-14,18,21,23,26-27,34H,8,15-17,19-20,32H2,1-7H3,(H,33,35);1H/t23-,26-,27-;/m0./s1. The van der Waals surface area contributed by atoms with Gasteiger partial charge >= 0.3 is 0 Å². The van der Waals surface area contributed by atoms with Crippen LogP contribution >= 0.6 is 12.4 Å². The van der Waals surface area contributed by atoms with Crippen LogP contribution in [0.3, 0.4) is 0 Å². The summed E-state index contributed by atoms with van der Waals surface area (Å²) in [6, 6.07) is 12.9. The van der Waals surface area contributed by atoms with E-state index in [9.17, 15) is 9.90 Å². The zero-order valence-corrected chi connectivity index (χ0v) is 25.9. The average Bonchev–Trinajstić information content (AvgIpc) is 2.93. The summed E-state index contributed by atoms with van der Waals surface area (Å²) in [5.41, 5.74) is 7.66. The van der Waals surface area contributed by atoms with Crippen molar-refractivity contribution < 1.29 is 28.8 Å². The van der Waals surface area contributed by atoms with Gasteiger partial charge in [0.05, 0.1) is 32.3 Å². The maximum Gasteiger partial charge on any atom is 0.230 e. The van der Waals surface area contributed by atoms with E-state index in [1.54, 1.807) is 21.3 Å². The smallest absolute Gasteiger partial charge is 0.230 e. The fraction of sp³-hybridized carbons (Fsp3) is 0.581. The third-order valence-corrected chi connectivity index (χ3v) is 7.34. The lowest BCUT2D eigenvalue weighted by atomic mass is 9.82. The number of amides is 1. The van der Waals surface area contributed by atoms with Crippen LogP contribution in [0.2, 0.25) is 0 Å². The molecule has 0 radical (unpaired) electrons. The summed E-state index contributed by atoms with van der Waals surface area (Å²) >= 11 is 0. The second-order valence-corrected chi connectivity index (χ2v) is 10.9. The molecule has 0 fully saturated rings. The van der Waals surface area contributed by atoms with Gasteiger partial charge in [0.2, 0.25) is 5.91 Å². The summed E-state index contributed by atoms with van der Waals surface area (Å²) in [6.07, 6.45) is 1.33. The van der Waals surface area contributed by atoms with Crippen LogP contribution in [-0.2, 0) is 21.4 Å². The van der Waals surface area contributed by atoms with Crippen LogP contribution in [0.5, 0.6) is 17.2 Å². The highest BCUT2D eigenvalue weighted by Gasteiger charge is 2.31. The van der Waals surface area contributed by atoms with E-state index >= 15 is 0 Å². The largest absolute Gasteiger partial charge is 0.497 e. The van der Waals surface area contributed by atoms with Crippen molar-refractivity contribution in [2.75, 3.05) is 41.1 Å².